The third kappa shape index (κ3) is 6.09. The molecule has 0 bridgehead atoms. The Hall–Kier alpha value is -0.970. The lowest BCUT2D eigenvalue weighted by molar-refractivity contribution is 0.331. The second-order valence-electron chi connectivity index (χ2n) is 11.3. The van der Waals surface area contributed by atoms with Crippen LogP contribution in [0.2, 0.25) is 0 Å². The highest BCUT2D eigenvalue weighted by Gasteiger charge is 2.37. The Labute approximate surface area is 195 Å². The summed E-state index contributed by atoms with van der Waals surface area (Å²) in [7, 11) is 4.01. The minimum Gasteiger partial charge on any atom is -0.372 e. The third-order valence-electron chi connectivity index (χ3n) is 7.45. The first-order valence-corrected chi connectivity index (χ1v) is 13.2. The van der Waals surface area contributed by atoms with Crippen molar-refractivity contribution >= 4 is 17.5 Å². The van der Waals surface area contributed by atoms with Crippen molar-refractivity contribution in [3.63, 3.8) is 0 Å². The van der Waals surface area contributed by atoms with Gasteiger partial charge in [-0.1, -0.05) is 59.1 Å². The van der Waals surface area contributed by atoms with E-state index >= 15 is 0 Å². The maximum absolute atomic E-state index is 5.19. The molecule has 0 radical (unpaired) electrons. The van der Waals surface area contributed by atoms with E-state index in [2.05, 4.69) is 61.5 Å². The van der Waals surface area contributed by atoms with E-state index in [1.807, 2.05) is 25.9 Å². The van der Waals surface area contributed by atoms with E-state index in [9.17, 15) is 0 Å². The van der Waals surface area contributed by atoms with Crippen molar-refractivity contribution in [1.29, 1.82) is 0 Å². The Morgan fingerprint density at radius 1 is 1.00 bits per heavy atom. The number of hydrogen-bond acceptors (Lipinski definition) is 4. The fourth-order valence-electron chi connectivity index (χ4n) is 5.19. The smallest absolute Gasteiger partial charge is 0.0792 e. The van der Waals surface area contributed by atoms with Gasteiger partial charge in [0.1, 0.15) is 0 Å². The van der Waals surface area contributed by atoms with Gasteiger partial charge in [-0.25, -0.2) is 0 Å². The number of nitrogens with zero attached hydrogens (tertiary/aromatic N) is 1. The van der Waals surface area contributed by atoms with Crippen LogP contribution in [-0.4, -0.2) is 37.5 Å². The van der Waals surface area contributed by atoms with Crippen molar-refractivity contribution in [1.82, 2.24) is 10.2 Å². The Kier molecular flexibility index (Phi) is 8.21. The second-order valence-corrected chi connectivity index (χ2v) is 12.3. The largest absolute Gasteiger partial charge is 0.372 e. The molecule has 174 valence electrons. The third-order valence-corrected chi connectivity index (χ3v) is 8.62. The lowest BCUT2D eigenvalue weighted by atomic mass is 9.63. The van der Waals surface area contributed by atoms with Crippen LogP contribution in [0.3, 0.4) is 0 Å². The summed E-state index contributed by atoms with van der Waals surface area (Å²) < 4.78 is 0. The molecule has 1 aromatic rings. The SMILES string of the molecule is CC1(C)CCC(C)(C)c2cc(C3=CSC(C4CCCCC4)N3)ccc21.CN(C)CCN. The fourth-order valence-corrected chi connectivity index (χ4v) is 6.37. The zero-order chi connectivity index (χ0) is 22.6. The van der Waals surface area contributed by atoms with Gasteiger partial charge in [-0.05, 0) is 84.7 Å². The van der Waals surface area contributed by atoms with Gasteiger partial charge in [0.2, 0.25) is 0 Å². The highest BCUT2D eigenvalue weighted by atomic mass is 32.2. The molecular weight excluding hydrogens is 398 g/mol. The molecule has 1 aliphatic heterocycles. The van der Waals surface area contributed by atoms with E-state index < -0.39 is 0 Å². The van der Waals surface area contributed by atoms with Crippen LogP contribution in [0.4, 0.5) is 0 Å². The van der Waals surface area contributed by atoms with Crippen molar-refractivity contribution in [3.05, 3.63) is 40.3 Å². The molecule has 3 N–H and O–H groups in total. The van der Waals surface area contributed by atoms with Gasteiger partial charge < -0.3 is 16.0 Å². The standard InChI is InChI=1S/C23H33NS.C4H12N2/c1-22(2)12-13-23(3,4)19-14-17(10-11-18(19)22)20-15-25-21(24-20)16-8-6-5-7-9-16;1-6(2)4-3-5/h10-11,14-16,21,24H,5-9,12-13H2,1-4H3;3-5H2,1-2H3. The van der Waals surface area contributed by atoms with Crippen LogP contribution in [0.15, 0.2) is 23.6 Å². The molecule has 1 saturated carbocycles. The number of nitrogens with two attached hydrogens (primary N) is 1. The van der Waals surface area contributed by atoms with Crippen LogP contribution in [-0.2, 0) is 10.8 Å². The number of hydrogen-bond donors (Lipinski definition) is 2. The normalized spacial score (nSPS) is 24.6. The monoisotopic (exact) mass is 443 g/mol. The topological polar surface area (TPSA) is 41.3 Å². The van der Waals surface area contributed by atoms with E-state index in [0.29, 0.717) is 10.8 Å². The molecule has 0 aromatic heterocycles. The van der Waals surface area contributed by atoms with Gasteiger partial charge in [0, 0.05) is 18.8 Å². The average Bonchev–Trinajstić information content (AvgIpc) is 3.23. The molecule has 0 saturated heterocycles. The number of likely N-dealkylation sites (N-methyl/N-ethyl adjacent to an activating group) is 1. The lowest BCUT2D eigenvalue weighted by Gasteiger charge is -2.42. The van der Waals surface area contributed by atoms with Gasteiger partial charge in [0.15, 0.2) is 0 Å². The minimum atomic E-state index is 0.288. The summed E-state index contributed by atoms with van der Waals surface area (Å²) >= 11 is 2.02. The Bertz CT molecular complexity index is 760. The second kappa shape index (κ2) is 10.3. The molecule has 1 aromatic carbocycles. The fraction of sp³-hybridized carbons (Fsp3) is 0.704. The molecule has 0 spiro atoms. The molecule has 2 aliphatic carbocycles. The van der Waals surface area contributed by atoms with Crippen LogP contribution in [0.5, 0.6) is 0 Å². The van der Waals surface area contributed by atoms with E-state index in [-0.39, 0.29) is 5.41 Å². The van der Waals surface area contributed by atoms with Crippen molar-refractivity contribution in [3.8, 4) is 0 Å². The maximum atomic E-state index is 5.19. The summed E-state index contributed by atoms with van der Waals surface area (Å²) in [4.78, 5) is 2.06. The maximum Gasteiger partial charge on any atom is 0.0792 e. The molecule has 1 heterocycles. The summed E-state index contributed by atoms with van der Waals surface area (Å²) in [5, 5.41) is 6.83. The average molecular weight is 444 g/mol. The van der Waals surface area contributed by atoms with Crippen LogP contribution in [0, 0.1) is 5.92 Å². The van der Waals surface area contributed by atoms with Crippen molar-refractivity contribution in [2.45, 2.75) is 88.8 Å². The van der Waals surface area contributed by atoms with Gasteiger partial charge in [-0.15, -0.1) is 11.8 Å². The first kappa shape index (κ1) is 24.7. The van der Waals surface area contributed by atoms with E-state index in [0.717, 1.165) is 19.0 Å². The van der Waals surface area contributed by atoms with E-state index in [4.69, 9.17) is 5.73 Å². The van der Waals surface area contributed by atoms with E-state index in [1.165, 1.54) is 56.2 Å². The van der Waals surface area contributed by atoms with Gasteiger partial charge in [0.05, 0.1) is 5.37 Å². The number of thioether (sulfide) groups is 1. The molecule has 1 atom stereocenters. The van der Waals surface area contributed by atoms with Crippen LogP contribution >= 0.6 is 11.8 Å². The summed E-state index contributed by atoms with van der Waals surface area (Å²) in [6.07, 6.45) is 9.63. The van der Waals surface area contributed by atoms with Gasteiger partial charge >= 0.3 is 0 Å². The van der Waals surface area contributed by atoms with Gasteiger partial charge in [-0.2, -0.15) is 0 Å². The first-order valence-electron chi connectivity index (χ1n) is 12.3. The molecule has 0 amide bonds. The van der Waals surface area contributed by atoms with Gasteiger partial charge in [0.25, 0.3) is 0 Å². The summed E-state index contributed by atoms with van der Waals surface area (Å²) in [5.41, 5.74) is 11.6. The van der Waals surface area contributed by atoms with E-state index in [1.54, 1.807) is 11.1 Å². The summed E-state index contributed by atoms with van der Waals surface area (Å²) in [6.45, 7) is 11.4. The summed E-state index contributed by atoms with van der Waals surface area (Å²) in [5.74, 6) is 0.848. The predicted octanol–water partition coefficient (Wildman–Crippen LogP) is 6.08. The lowest BCUT2D eigenvalue weighted by Crippen LogP contribution is -2.34. The molecule has 31 heavy (non-hydrogen) atoms. The zero-order valence-electron chi connectivity index (χ0n) is 20.8. The molecule has 1 fully saturated rings. The molecule has 4 rings (SSSR count). The Morgan fingerprint density at radius 3 is 2.23 bits per heavy atom. The molecule has 4 heteroatoms. The number of nitrogens with one attached hydrogen (secondary N) is 1. The van der Waals surface area contributed by atoms with Crippen LogP contribution in [0.1, 0.15) is 89.3 Å². The Balaban J connectivity index is 0.000000401. The predicted molar refractivity (Wildman–Crippen MR) is 138 cm³/mol. The quantitative estimate of drug-likeness (QED) is 0.591. The first-order chi connectivity index (χ1) is 14.6. The highest BCUT2D eigenvalue weighted by Crippen LogP contribution is 2.47. The minimum absolute atomic E-state index is 0.288. The van der Waals surface area contributed by atoms with Gasteiger partial charge in [-0.3, -0.25) is 0 Å². The number of fused-ring (bicyclic) bond motifs is 1. The van der Waals surface area contributed by atoms with Crippen LogP contribution in [0.25, 0.3) is 5.70 Å². The van der Waals surface area contributed by atoms with Crippen molar-refractivity contribution in [2.24, 2.45) is 11.7 Å². The van der Waals surface area contributed by atoms with Crippen LogP contribution < -0.4 is 11.1 Å². The number of benzene rings is 1. The zero-order valence-corrected chi connectivity index (χ0v) is 21.6. The van der Waals surface area contributed by atoms with Crippen molar-refractivity contribution < 1.29 is 0 Å². The molecule has 3 aliphatic rings. The number of rotatable bonds is 4. The van der Waals surface area contributed by atoms with Crippen molar-refractivity contribution in [2.75, 3.05) is 27.2 Å². The highest BCUT2D eigenvalue weighted by molar-refractivity contribution is 8.03. The molecular formula is C27H45N3S. The summed E-state index contributed by atoms with van der Waals surface area (Å²) in [6, 6.07) is 7.25. The molecule has 1 unspecified atom stereocenters. The molecule has 3 nitrogen and oxygen atoms in total. The Morgan fingerprint density at radius 2 is 1.65 bits per heavy atom.